The van der Waals surface area contributed by atoms with Crippen LogP contribution in [0.2, 0.25) is 0 Å². The molecular weight excluding hydrogens is 757 g/mol. The van der Waals surface area contributed by atoms with E-state index < -0.39 is 0 Å². The Morgan fingerprint density at radius 2 is 1.03 bits per heavy atom. The molecule has 0 radical (unpaired) electrons. The lowest BCUT2D eigenvalue weighted by atomic mass is 10.00. The highest BCUT2D eigenvalue weighted by molar-refractivity contribution is 5.85. The summed E-state index contributed by atoms with van der Waals surface area (Å²) in [6.45, 7) is 9.24. The number of H-pyrrole nitrogens is 2. The average Bonchev–Trinajstić information content (AvgIpc) is 4.17. The molecule has 2 aromatic heterocycles. The van der Waals surface area contributed by atoms with Gasteiger partial charge in [0, 0.05) is 13.1 Å². The van der Waals surface area contributed by atoms with Crippen molar-refractivity contribution in [1.82, 2.24) is 39.5 Å². The fraction of sp³-hybridized carbons (Fsp3) is 0.373. The molecule has 0 spiro atoms. The molecule has 9 rings (SSSR count). The Hall–Kier alpha value is -5.84. The molecule has 4 aromatic carbocycles. The standard InChI is InChI=1S/C51H58N8O2/c1-3-56(4-2)46(40-16-8-5-9-17-40)50(60)58-32-14-20-44(58)48-52-34-42(54-48)38-26-22-36(23-27-38)37-24-28-39(29-25-37)43-35-53-49(55-43)45-21-15-33-59(45)51(61)47(41-18-10-6-11-19-41)57-30-12-7-13-31-57/h5-6,8-11,16-19,22-29,34-35,44-47H,3-4,7,12-15,20-21,30-33H2,1-2H3,(H,52,54)(H,53,55)/t44-,45-,46?,47?/m0/s1. The van der Waals surface area contributed by atoms with Crippen molar-refractivity contribution in [3.05, 3.63) is 144 Å². The van der Waals surface area contributed by atoms with Crippen LogP contribution in [-0.4, -0.2) is 90.6 Å². The number of amides is 2. The molecule has 61 heavy (non-hydrogen) atoms. The van der Waals surface area contributed by atoms with Gasteiger partial charge in [-0.25, -0.2) is 9.97 Å². The lowest BCUT2D eigenvalue weighted by molar-refractivity contribution is -0.139. The number of rotatable bonds is 13. The van der Waals surface area contributed by atoms with Crippen LogP contribution in [0.3, 0.4) is 0 Å². The number of benzene rings is 4. The van der Waals surface area contributed by atoms with Crippen LogP contribution < -0.4 is 0 Å². The summed E-state index contributed by atoms with van der Waals surface area (Å²) in [7, 11) is 0. The largest absolute Gasteiger partial charge is 0.340 e. The summed E-state index contributed by atoms with van der Waals surface area (Å²) >= 11 is 0. The van der Waals surface area contributed by atoms with Crippen molar-refractivity contribution < 1.29 is 9.59 Å². The molecule has 6 aromatic rings. The third-order valence-electron chi connectivity index (χ3n) is 13.3. The Morgan fingerprint density at radius 1 is 0.574 bits per heavy atom. The summed E-state index contributed by atoms with van der Waals surface area (Å²) in [4.78, 5) is 54.3. The first-order valence-corrected chi connectivity index (χ1v) is 22.5. The fourth-order valence-electron chi connectivity index (χ4n) is 9.99. The topological polar surface area (TPSA) is 104 Å². The van der Waals surface area contributed by atoms with Crippen molar-refractivity contribution in [3.63, 3.8) is 0 Å². The fourth-order valence-corrected chi connectivity index (χ4v) is 9.99. The summed E-state index contributed by atoms with van der Waals surface area (Å²) in [5.74, 6) is 2.03. The van der Waals surface area contributed by atoms with E-state index in [-0.39, 0.29) is 36.0 Å². The van der Waals surface area contributed by atoms with Gasteiger partial charge in [0.05, 0.1) is 35.9 Å². The summed E-state index contributed by atoms with van der Waals surface area (Å²) in [5.41, 5.74) is 8.37. The SMILES string of the molecule is CCN(CC)C(C(=O)N1CCC[C@H]1c1ncc(-c2ccc(-c3ccc(-c4cnc([C@@H]5CCCN5C(=O)C(c5ccccc5)N5CCCCC5)[nH]4)cc3)cc2)[nH]1)c1ccccc1. The van der Waals surface area contributed by atoms with Crippen molar-refractivity contribution in [2.45, 2.75) is 83.0 Å². The van der Waals surface area contributed by atoms with Gasteiger partial charge in [0.2, 0.25) is 11.8 Å². The Kier molecular flexibility index (Phi) is 12.2. The smallest absolute Gasteiger partial charge is 0.245 e. The minimum absolute atomic E-state index is 0.0647. The number of imidazole rings is 2. The lowest BCUT2D eigenvalue weighted by Gasteiger charge is -2.37. The highest BCUT2D eigenvalue weighted by atomic mass is 16.2. The van der Waals surface area contributed by atoms with Crippen LogP contribution in [0, 0.1) is 0 Å². The summed E-state index contributed by atoms with van der Waals surface area (Å²) in [6.07, 6.45) is 11.0. The van der Waals surface area contributed by atoms with E-state index in [1.807, 2.05) is 53.7 Å². The predicted molar refractivity (Wildman–Crippen MR) is 241 cm³/mol. The zero-order chi connectivity index (χ0) is 41.7. The minimum Gasteiger partial charge on any atom is -0.340 e. The van der Waals surface area contributed by atoms with E-state index in [1.54, 1.807) is 0 Å². The minimum atomic E-state index is -0.312. The second kappa shape index (κ2) is 18.4. The van der Waals surface area contributed by atoms with E-state index in [9.17, 15) is 9.59 Å². The molecule has 4 atom stereocenters. The van der Waals surface area contributed by atoms with E-state index in [2.05, 4.69) is 111 Å². The van der Waals surface area contributed by atoms with Gasteiger partial charge in [-0.15, -0.1) is 0 Å². The summed E-state index contributed by atoms with van der Waals surface area (Å²) in [6, 6.07) is 36.9. The second-order valence-electron chi connectivity index (χ2n) is 16.8. The quantitative estimate of drug-likeness (QED) is 0.120. The van der Waals surface area contributed by atoms with Crippen LogP contribution >= 0.6 is 0 Å². The number of likely N-dealkylation sites (N-methyl/N-ethyl adjacent to an activating group) is 1. The van der Waals surface area contributed by atoms with Gasteiger partial charge in [-0.3, -0.25) is 19.4 Å². The molecule has 3 aliphatic rings. The molecule has 0 saturated carbocycles. The van der Waals surface area contributed by atoms with E-state index >= 15 is 0 Å². The number of aromatic amines is 2. The van der Waals surface area contributed by atoms with Gasteiger partial charge in [-0.1, -0.05) is 129 Å². The number of nitrogens with zero attached hydrogens (tertiary/aromatic N) is 6. The molecule has 10 nitrogen and oxygen atoms in total. The van der Waals surface area contributed by atoms with Gasteiger partial charge in [0.15, 0.2) is 0 Å². The number of nitrogens with one attached hydrogen (secondary N) is 2. The number of aromatic nitrogens is 4. The third kappa shape index (κ3) is 8.44. The van der Waals surface area contributed by atoms with Crippen molar-refractivity contribution in [2.75, 3.05) is 39.3 Å². The maximum Gasteiger partial charge on any atom is 0.245 e. The summed E-state index contributed by atoms with van der Waals surface area (Å²) < 4.78 is 0. The Labute approximate surface area is 360 Å². The van der Waals surface area contributed by atoms with Crippen LogP contribution in [0.25, 0.3) is 33.6 Å². The maximum absolute atomic E-state index is 14.4. The third-order valence-corrected chi connectivity index (χ3v) is 13.3. The first-order chi connectivity index (χ1) is 30.0. The van der Waals surface area contributed by atoms with E-state index in [4.69, 9.17) is 9.97 Å². The van der Waals surface area contributed by atoms with E-state index in [1.165, 1.54) is 6.42 Å². The molecule has 2 amide bonds. The molecule has 3 saturated heterocycles. The molecule has 2 unspecified atom stereocenters. The lowest BCUT2D eigenvalue weighted by Crippen LogP contribution is -2.44. The molecule has 3 aliphatic heterocycles. The van der Waals surface area contributed by atoms with E-state index in [0.29, 0.717) is 0 Å². The number of likely N-dealkylation sites (tertiary alicyclic amines) is 3. The highest BCUT2D eigenvalue weighted by Crippen LogP contribution is 2.38. The first-order valence-electron chi connectivity index (χ1n) is 22.5. The first kappa shape index (κ1) is 40.6. The van der Waals surface area contributed by atoms with Crippen molar-refractivity contribution in [3.8, 4) is 33.6 Å². The van der Waals surface area contributed by atoms with Gasteiger partial charge in [0.25, 0.3) is 0 Å². The zero-order valence-electron chi connectivity index (χ0n) is 35.5. The van der Waals surface area contributed by atoms with Crippen molar-refractivity contribution in [2.24, 2.45) is 0 Å². The molecular formula is C51H58N8O2. The summed E-state index contributed by atoms with van der Waals surface area (Å²) in [5, 5.41) is 0. The van der Waals surface area contributed by atoms with Gasteiger partial charge >= 0.3 is 0 Å². The van der Waals surface area contributed by atoms with E-state index in [0.717, 1.165) is 134 Å². The maximum atomic E-state index is 14.4. The predicted octanol–water partition coefficient (Wildman–Crippen LogP) is 9.77. The van der Waals surface area contributed by atoms with Crippen LogP contribution in [0.4, 0.5) is 0 Å². The molecule has 2 N–H and O–H groups in total. The Balaban J connectivity index is 0.864. The van der Waals surface area contributed by atoms with Gasteiger partial charge in [0.1, 0.15) is 23.7 Å². The second-order valence-corrected chi connectivity index (χ2v) is 16.8. The van der Waals surface area contributed by atoms with Gasteiger partial charge < -0.3 is 19.8 Å². The molecule has 314 valence electrons. The number of hydrogen-bond donors (Lipinski definition) is 2. The number of hydrogen-bond acceptors (Lipinski definition) is 6. The zero-order valence-corrected chi connectivity index (χ0v) is 35.5. The normalized spacial score (nSPS) is 19.4. The monoisotopic (exact) mass is 814 g/mol. The van der Waals surface area contributed by atoms with Crippen LogP contribution in [-0.2, 0) is 9.59 Å². The van der Waals surface area contributed by atoms with Crippen LogP contribution in [0.15, 0.2) is 122 Å². The Bertz CT molecular complexity index is 2360. The number of carbonyl (C=O) groups excluding carboxylic acids is 2. The van der Waals surface area contributed by atoms with Gasteiger partial charge in [-0.2, -0.15) is 0 Å². The van der Waals surface area contributed by atoms with Crippen molar-refractivity contribution >= 4 is 11.8 Å². The van der Waals surface area contributed by atoms with Crippen molar-refractivity contribution in [1.29, 1.82) is 0 Å². The number of piperidine rings is 1. The van der Waals surface area contributed by atoms with Crippen LogP contribution in [0.5, 0.6) is 0 Å². The molecule has 0 aliphatic carbocycles. The van der Waals surface area contributed by atoms with Gasteiger partial charge in [-0.05, 0) is 98.1 Å². The molecule has 3 fully saturated rings. The molecule has 5 heterocycles. The Morgan fingerprint density at radius 3 is 1.52 bits per heavy atom. The molecule has 0 bridgehead atoms. The average molecular weight is 815 g/mol. The number of carbonyl (C=O) groups is 2. The highest BCUT2D eigenvalue weighted by Gasteiger charge is 2.40. The molecule has 10 heteroatoms. The van der Waals surface area contributed by atoms with Crippen LogP contribution in [0.1, 0.15) is 106 Å².